The maximum atomic E-state index is 12.8. The first-order valence-electron chi connectivity index (χ1n) is 8.01. The van der Waals surface area contributed by atoms with Gasteiger partial charge < -0.3 is 19.4 Å². The summed E-state index contributed by atoms with van der Waals surface area (Å²) in [5.41, 5.74) is 2.48. The summed E-state index contributed by atoms with van der Waals surface area (Å²) in [4.78, 5) is 24.7. The number of hydrogen-bond acceptors (Lipinski definition) is 5. The largest absolute Gasteiger partial charge is 0.464 e. The van der Waals surface area contributed by atoms with Gasteiger partial charge in [0.15, 0.2) is 5.78 Å². The number of ether oxygens (including phenoxy) is 2. The summed E-state index contributed by atoms with van der Waals surface area (Å²) in [6.45, 7) is 6.95. The van der Waals surface area contributed by atoms with Crippen molar-refractivity contribution in [2.24, 2.45) is 7.05 Å². The third-order valence-corrected chi connectivity index (χ3v) is 4.62. The lowest BCUT2D eigenvalue weighted by molar-refractivity contribution is 0.0588. The predicted octanol–water partition coefficient (Wildman–Crippen LogP) is 1.77. The van der Waals surface area contributed by atoms with E-state index in [1.165, 1.54) is 7.11 Å². The van der Waals surface area contributed by atoms with Crippen molar-refractivity contribution in [1.82, 2.24) is 9.88 Å². The lowest BCUT2D eigenvalue weighted by atomic mass is 10.0. The van der Waals surface area contributed by atoms with Gasteiger partial charge in [0.25, 0.3) is 0 Å². The number of nitrogens with zero attached hydrogens (tertiary/aromatic N) is 1. The predicted molar refractivity (Wildman–Crippen MR) is 87.0 cm³/mol. The molecule has 23 heavy (non-hydrogen) atoms. The molecule has 0 saturated carbocycles. The van der Waals surface area contributed by atoms with Crippen LogP contribution in [0.5, 0.6) is 0 Å². The Hall–Kier alpha value is -1.66. The van der Waals surface area contributed by atoms with E-state index in [9.17, 15) is 9.59 Å². The van der Waals surface area contributed by atoms with Crippen LogP contribution in [0.3, 0.4) is 0 Å². The molecule has 2 atom stereocenters. The number of carbonyl (C=O) groups is 2. The Kier molecular flexibility index (Phi) is 5.59. The fraction of sp³-hybridized carbons (Fsp3) is 0.647. The summed E-state index contributed by atoms with van der Waals surface area (Å²) in [7, 11) is 3.12. The Morgan fingerprint density at radius 1 is 1.43 bits per heavy atom. The van der Waals surface area contributed by atoms with Crippen LogP contribution < -0.4 is 5.32 Å². The Morgan fingerprint density at radius 2 is 2.13 bits per heavy atom. The van der Waals surface area contributed by atoms with Crippen molar-refractivity contribution in [3.05, 3.63) is 22.5 Å². The minimum absolute atomic E-state index is 0.0104. The average Bonchev–Trinajstić information content (AvgIpc) is 3.12. The van der Waals surface area contributed by atoms with Gasteiger partial charge in [0.2, 0.25) is 0 Å². The zero-order valence-corrected chi connectivity index (χ0v) is 14.6. The Labute approximate surface area is 137 Å². The number of hydrogen-bond donors (Lipinski definition) is 1. The van der Waals surface area contributed by atoms with Crippen LogP contribution in [0, 0.1) is 13.8 Å². The molecule has 0 aromatic carbocycles. The van der Waals surface area contributed by atoms with Gasteiger partial charge in [-0.3, -0.25) is 4.79 Å². The number of esters is 1. The molecule has 1 N–H and O–H groups in total. The van der Waals surface area contributed by atoms with E-state index in [0.29, 0.717) is 23.4 Å². The summed E-state index contributed by atoms with van der Waals surface area (Å²) < 4.78 is 12.1. The zero-order chi connectivity index (χ0) is 17.1. The molecule has 0 bridgehead atoms. The van der Waals surface area contributed by atoms with Gasteiger partial charge in [-0.25, -0.2) is 4.79 Å². The molecular weight excluding hydrogens is 296 g/mol. The lowest BCUT2D eigenvalue weighted by Gasteiger charge is -2.16. The highest BCUT2D eigenvalue weighted by Gasteiger charge is 2.28. The van der Waals surface area contributed by atoms with E-state index >= 15 is 0 Å². The Morgan fingerprint density at radius 3 is 2.70 bits per heavy atom. The summed E-state index contributed by atoms with van der Waals surface area (Å²) in [6.07, 6.45) is 2.30. The molecular formula is C17H26N2O4. The van der Waals surface area contributed by atoms with Gasteiger partial charge in [0.1, 0.15) is 5.69 Å². The Bertz CT molecular complexity index is 600. The molecule has 1 saturated heterocycles. The lowest BCUT2D eigenvalue weighted by Crippen LogP contribution is -2.39. The minimum atomic E-state index is -0.424. The van der Waals surface area contributed by atoms with E-state index in [4.69, 9.17) is 9.47 Å². The van der Waals surface area contributed by atoms with Crippen molar-refractivity contribution >= 4 is 11.8 Å². The van der Waals surface area contributed by atoms with Crippen LogP contribution in [0.15, 0.2) is 0 Å². The third kappa shape index (κ3) is 3.48. The number of aromatic nitrogens is 1. The van der Waals surface area contributed by atoms with Crippen LogP contribution in [0.2, 0.25) is 0 Å². The highest BCUT2D eigenvalue weighted by Crippen LogP contribution is 2.23. The van der Waals surface area contributed by atoms with Crippen LogP contribution in [0.4, 0.5) is 0 Å². The number of ketones is 1. The van der Waals surface area contributed by atoms with Crippen molar-refractivity contribution in [2.45, 2.75) is 45.8 Å². The highest BCUT2D eigenvalue weighted by atomic mass is 16.5. The first kappa shape index (κ1) is 17.7. The molecule has 1 fully saturated rings. The van der Waals surface area contributed by atoms with Crippen molar-refractivity contribution in [3.8, 4) is 0 Å². The molecule has 2 unspecified atom stereocenters. The minimum Gasteiger partial charge on any atom is -0.464 e. The topological polar surface area (TPSA) is 69.6 Å². The van der Waals surface area contributed by atoms with E-state index in [1.807, 2.05) is 13.8 Å². The molecule has 0 aliphatic carbocycles. The van der Waals surface area contributed by atoms with Crippen LogP contribution in [-0.2, 0) is 16.5 Å². The van der Waals surface area contributed by atoms with Crippen molar-refractivity contribution in [3.63, 3.8) is 0 Å². The first-order valence-corrected chi connectivity index (χ1v) is 8.01. The summed E-state index contributed by atoms with van der Waals surface area (Å²) in [5, 5.41) is 3.25. The van der Waals surface area contributed by atoms with Gasteiger partial charge in [-0.2, -0.15) is 0 Å². The molecule has 1 aromatic rings. The zero-order valence-electron chi connectivity index (χ0n) is 14.6. The Balaban J connectivity index is 2.16. The summed E-state index contributed by atoms with van der Waals surface area (Å²) in [6, 6.07) is -0.329. The van der Waals surface area contributed by atoms with E-state index < -0.39 is 5.97 Å². The van der Waals surface area contributed by atoms with Crippen LogP contribution in [-0.4, -0.2) is 48.7 Å². The fourth-order valence-electron chi connectivity index (χ4n) is 3.15. The van der Waals surface area contributed by atoms with Crippen molar-refractivity contribution in [1.29, 1.82) is 0 Å². The summed E-state index contributed by atoms with van der Waals surface area (Å²) >= 11 is 0. The molecule has 6 heteroatoms. The molecule has 0 amide bonds. The quantitative estimate of drug-likeness (QED) is 0.638. The first-order chi connectivity index (χ1) is 10.9. The molecule has 1 aliphatic heterocycles. The number of rotatable bonds is 6. The smallest absolute Gasteiger partial charge is 0.354 e. The molecule has 1 aliphatic rings. The van der Waals surface area contributed by atoms with Crippen LogP contribution in [0.25, 0.3) is 0 Å². The molecule has 128 valence electrons. The second-order valence-electron chi connectivity index (χ2n) is 6.11. The molecule has 0 spiro atoms. The maximum absolute atomic E-state index is 12.8. The molecule has 6 nitrogen and oxygen atoms in total. The number of nitrogens with one attached hydrogen (secondary N) is 1. The number of carbonyl (C=O) groups excluding carboxylic acids is 2. The second-order valence-corrected chi connectivity index (χ2v) is 6.11. The van der Waals surface area contributed by atoms with Gasteiger partial charge >= 0.3 is 5.97 Å². The fourth-order valence-corrected chi connectivity index (χ4v) is 3.15. The normalized spacial score (nSPS) is 18.9. The monoisotopic (exact) mass is 322 g/mol. The number of methoxy groups -OCH3 is 1. The van der Waals surface area contributed by atoms with Gasteiger partial charge in [-0.05, 0) is 39.2 Å². The van der Waals surface area contributed by atoms with Gasteiger partial charge in [0, 0.05) is 31.5 Å². The van der Waals surface area contributed by atoms with E-state index in [2.05, 4.69) is 5.32 Å². The van der Waals surface area contributed by atoms with E-state index in [1.54, 1.807) is 18.5 Å². The standard InChI is InChI=1S/C17H26N2O4/c1-10-14(12(3)19(4)15(10)17(21)22-5)16(20)11(2)18-9-13-7-6-8-23-13/h11,13,18H,6-9H2,1-5H3. The van der Waals surface area contributed by atoms with E-state index in [0.717, 1.165) is 25.1 Å². The van der Waals surface area contributed by atoms with Gasteiger partial charge in [0.05, 0.1) is 19.3 Å². The maximum Gasteiger partial charge on any atom is 0.354 e. The number of Topliss-reactive ketones (excluding diaryl/α,β-unsaturated/α-hetero) is 1. The second kappa shape index (κ2) is 7.27. The molecule has 1 aromatic heterocycles. The molecule has 2 heterocycles. The van der Waals surface area contributed by atoms with Crippen molar-refractivity contribution < 1.29 is 19.1 Å². The molecule has 2 rings (SSSR count). The van der Waals surface area contributed by atoms with Crippen molar-refractivity contribution in [2.75, 3.05) is 20.3 Å². The van der Waals surface area contributed by atoms with Gasteiger partial charge in [-0.1, -0.05) is 0 Å². The summed E-state index contributed by atoms with van der Waals surface area (Å²) in [5.74, 6) is -0.434. The van der Waals surface area contributed by atoms with E-state index in [-0.39, 0.29) is 17.9 Å². The highest BCUT2D eigenvalue weighted by molar-refractivity contribution is 6.05. The average molecular weight is 322 g/mol. The SMILES string of the molecule is COC(=O)c1c(C)c(C(=O)C(C)NCC2CCCO2)c(C)n1C. The van der Waals surface area contributed by atoms with Crippen LogP contribution >= 0.6 is 0 Å². The molecule has 0 radical (unpaired) electrons. The van der Waals surface area contributed by atoms with Crippen LogP contribution in [0.1, 0.15) is 51.9 Å². The third-order valence-electron chi connectivity index (χ3n) is 4.62. The van der Waals surface area contributed by atoms with Gasteiger partial charge in [-0.15, -0.1) is 0 Å².